The first-order valence-electron chi connectivity index (χ1n) is 18.1. The minimum atomic E-state index is -3.66. The monoisotopic (exact) mass is 689 g/mol. The Morgan fingerprint density at radius 1 is 0.854 bits per heavy atom. The fraction of sp³-hybridized carbons (Fsp3) is 0.694. The zero-order chi connectivity index (χ0) is 34.3. The molecule has 12 heteroatoms. The van der Waals surface area contributed by atoms with Gasteiger partial charge in [0.15, 0.2) is 11.2 Å². The summed E-state index contributed by atoms with van der Waals surface area (Å²) in [6, 6.07) is 9.48. The van der Waals surface area contributed by atoms with Crippen molar-refractivity contribution in [2.45, 2.75) is 135 Å². The summed E-state index contributed by atoms with van der Waals surface area (Å²) in [7, 11) is -2.17. The molecular formula is C36H60N5O6P. The molecule has 2 atom stereocenters. The van der Waals surface area contributed by atoms with Crippen LogP contribution in [0.3, 0.4) is 0 Å². The number of hydrogen-bond acceptors (Lipinski definition) is 10. The highest BCUT2D eigenvalue weighted by molar-refractivity contribution is 7.53. The summed E-state index contributed by atoms with van der Waals surface area (Å²) in [5.41, 5.74) is 7.68. The molecule has 0 fully saturated rings. The second kappa shape index (κ2) is 23.7. The third kappa shape index (κ3) is 15.8. The Morgan fingerprint density at radius 2 is 1.46 bits per heavy atom. The number of methoxy groups -OCH3 is 1. The van der Waals surface area contributed by atoms with E-state index in [0.29, 0.717) is 30.0 Å². The van der Waals surface area contributed by atoms with Crippen LogP contribution in [0.5, 0.6) is 5.88 Å². The van der Waals surface area contributed by atoms with Gasteiger partial charge in [-0.2, -0.15) is 9.97 Å². The Balaban J connectivity index is 1.30. The highest BCUT2D eigenvalue weighted by Crippen LogP contribution is 2.49. The van der Waals surface area contributed by atoms with Gasteiger partial charge in [-0.1, -0.05) is 140 Å². The Bertz CT molecular complexity index is 1310. The van der Waals surface area contributed by atoms with E-state index < -0.39 is 13.7 Å². The van der Waals surface area contributed by atoms with Crippen molar-refractivity contribution >= 4 is 24.7 Å². The summed E-state index contributed by atoms with van der Waals surface area (Å²) in [4.78, 5) is 12.6. The van der Waals surface area contributed by atoms with Gasteiger partial charge in [-0.3, -0.25) is 4.57 Å². The van der Waals surface area contributed by atoms with Gasteiger partial charge in [-0.15, -0.1) is 0 Å². The Hall–Kier alpha value is -2.56. The molecule has 0 aliphatic rings. The van der Waals surface area contributed by atoms with Crippen LogP contribution >= 0.6 is 7.60 Å². The topological polar surface area (TPSA) is 144 Å². The molecule has 0 spiro atoms. The number of aromatic nitrogens is 4. The molecule has 0 aliphatic heterocycles. The highest BCUT2D eigenvalue weighted by Gasteiger charge is 2.27. The first kappa shape index (κ1) is 39.9. The summed E-state index contributed by atoms with van der Waals surface area (Å²) < 4.78 is 38.0. The second-order valence-electron chi connectivity index (χ2n) is 12.7. The van der Waals surface area contributed by atoms with Crippen LogP contribution in [-0.4, -0.2) is 57.4 Å². The number of nitrogens with two attached hydrogens (primary N) is 1. The van der Waals surface area contributed by atoms with Crippen molar-refractivity contribution in [1.82, 2.24) is 19.5 Å². The number of anilines is 1. The maximum Gasteiger partial charge on any atom is 0.356 e. The Kier molecular flexibility index (Phi) is 19.7. The fourth-order valence-corrected chi connectivity index (χ4v) is 6.97. The van der Waals surface area contributed by atoms with E-state index in [9.17, 15) is 9.67 Å². The number of nitrogens with zero attached hydrogens (tertiary/aromatic N) is 4. The molecule has 1 aromatic carbocycles. The molecule has 3 aromatic rings. The van der Waals surface area contributed by atoms with Gasteiger partial charge in [0.25, 0.3) is 0 Å². The molecule has 0 amide bonds. The lowest BCUT2D eigenvalue weighted by Crippen LogP contribution is -2.16. The van der Waals surface area contributed by atoms with E-state index in [4.69, 9.17) is 24.3 Å². The molecule has 48 heavy (non-hydrogen) atoms. The molecule has 2 heterocycles. The summed E-state index contributed by atoms with van der Waals surface area (Å²) in [5.74, 6) is 0.370. The van der Waals surface area contributed by atoms with Crippen LogP contribution < -0.4 is 10.5 Å². The second-order valence-corrected chi connectivity index (χ2v) is 14.6. The van der Waals surface area contributed by atoms with Gasteiger partial charge >= 0.3 is 7.60 Å². The van der Waals surface area contributed by atoms with E-state index in [0.717, 1.165) is 18.4 Å². The molecule has 2 unspecified atom stereocenters. The first-order chi connectivity index (χ1) is 23.4. The van der Waals surface area contributed by atoms with Crippen molar-refractivity contribution in [3.8, 4) is 5.88 Å². The van der Waals surface area contributed by atoms with Crippen molar-refractivity contribution in [3.63, 3.8) is 0 Å². The number of hydrogen-bond donors (Lipinski definition) is 2. The number of aliphatic hydroxyl groups is 1. The lowest BCUT2D eigenvalue weighted by atomic mass is 10.0. The molecule has 11 nitrogen and oxygen atoms in total. The summed E-state index contributed by atoms with van der Waals surface area (Å²) in [6.45, 7) is 2.88. The van der Waals surface area contributed by atoms with E-state index in [1.54, 1.807) is 10.9 Å². The maximum atomic E-state index is 13.7. The van der Waals surface area contributed by atoms with Crippen molar-refractivity contribution in [1.29, 1.82) is 0 Å². The zero-order valence-electron chi connectivity index (χ0n) is 29.4. The van der Waals surface area contributed by atoms with Crippen LogP contribution in [0, 0.1) is 0 Å². The number of benzene rings is 1. The van der Waals surface area contributed by atoms with E-state index in [-0.39, 0.29) is 32.1 Å². The van der Waals surface area contributed by atoms with E-state index in [1.165, 1.54) is 97.0 Å². The van der Waals surface area contributed by atoms with Crippen LogP contribution in [0.2, 0.25) is 0 Å². The van der Waals surface area contributed by atoms with E-state index in [1.807, 2.05) is 30.3 Å². The number of rotatable bonds is 29. The number of imidazole rings is 1. The third-order valence-corrected chi connectivity index (χ3v) is 10.1. The lowest BCUT2D eigenvalue weighted by Gasteiger charge is -2.21. The Morgan fingerprint density at radius 3 is 2.06 bits per heavy atom. The van der Waals surface area contributed by atoms with Crippen LogP contribution in [0.15, 0.2) is 36.7 Å². The van der Waals surface area contributed by atoms with Crippen LogP contribution in [0.4, 0.5) is 5.95 Å². The van der Waals surface area contributed by atoms with Gasteiger partial charge in [0.05, 0.1) is 39.4 Å². The maximum absolute atomic E-state index is 13.7. The SMILES string of the molecule is CCCCCCCCCCCCCCCCCCC(O)COP(=O)(COCCn1cnc2c(OC)nc(N)nc21)OCc1ccccc1. The minimum Gasteiger partial charge on any atom is -0.479 e. The van der Waals surface area contributed by atoms with Gasteiger partial charge in [-0.05, 0) is 12.0 Å². The molecule has 3 rings (SSSR count). The average molecular weight is 690 g/mol. The fourth-order valence-electron chi connectivity index (χ4n) is 5.65. The molecule has 0 saturated heterocycles. The van der Waals surface area contributed by atoms with Gasteiger partial charge in [0.1, 0.15) is 6.35 Å². The first-order valence-corrected chi connectivity index (χ1v) is 19.9. The molecule has 2 aromatic heterocycles. The summed E-state index contributed by atoms with van der Waals surface area (Å²) in [5, 5.41) is 10.6. The highest BCUT2D eigenvalue weighted by atomic mass is 31.2. The Labute approximate surface area is 287 Å². The number of fused-ring (bicyclic) bond motifs is 1. The molecular weight excluding hydrogens is 629 g/mol. The normalized spacial score (nSPS) is 13.6. The lowest BCUT2D eigenvalue weighted by molar-refractivity contribution is 0.0692. The number of nitrogen functional groups attached to an aromatic ring is 1. The van der Waals surface area contributed by atoms with Crippen molar-refractivity contribution in [2.75, 3.05) is 32.4 Å². The van der Waals surface area contributed by atoms with Crippen LogP contribution in [0.1, 0.15) is 122 Å². The summed E-state index contributed by atoms with van der Waals surface area (Å²) in [6.07, 6.45) is 22.1. The average Bonchev–Trinajstić information content (AvgIpc) is 3.50. The van der Waals surface area contributed by atoms with Crippen LogP contribution in [-0.2, 0) is 31.5 Å². The van der Waals surface area contributed by atoms with E-state index >= 15 is 0 Å². The van der Waals surface area contributed by atoms with Gasteiger partial charge in [0, 0.05) is 6.54 Å². The predicted molar refractivity (Wildman–Crippen MR) is 192 cm³/mol. The quantitative estimate of drug-likeness (QED) is 0.0536. The molecule has 3 N–H and O–H groups in total. The standard InChI is InChI=1S/C36H60N5O6P/c1-3-4-5-6-7-8-9-10-11-12-13-14-15-16-17-21-24-32(42)28-47-48(43,46-27-31-22-19-18-20-23-31)30-45-26-25-41-29-38-33-34(41)39-36(37)40-35(33)44-2/h18-20,22-23,29,32,42H,3-17,21,24-28,30H2,1-2H3,(H2,37,39,40). The molecule has 0 radical (unpaired) electrons. The minimum absolute atomic E-state index is 0.0731. The van der Waals surface area contributed by atoms with Gasteiger partial charge in [0.2, 0.25) is 11.8 Å². The van der Waals surface area contributed by atoms with Crippen LogP contribution in [0.25, 0.3) is 11.2 Å². The predicted octanol–water partition coefficient (Wildman–Crippen LogP) is 8.83. The smallest absolute Gasteiger partial charge is 0.356 e. The largest absolute Gasteiger partial charge is 0.479 e. The summed E-state index contributed by atoms with van der Waals surface area (Å²) >= 11 is 0. The zero-order valence-corrected chi connectivity index (χ0v) is 30.3. The molecule has 0 saturated carbocycles. The van der Waals surface area contributed by atoms with Crippen molar-refractivity contribution in [3.05, 3.63) is 42.2 Å². The molecule has 270 valence electrons. The van der Waals surface area contributed by atoms with E-state index in [2.05, 4.69) is 21.9 Å². The number of unbranched alkanes of at least 4 members (excludes halogenated alkanes) is 15. The number of aliphatic hydroxyl groups excluding tert-OH is 1. The molecule has 0 aliphatic carbocycles. The van der Waals surface area contributed by atoms with Gasteiger partial charge in [-0.25, -0.2) is 4.98 Å². The number of ether oxygens (including phenoxy) is 2. The van der Waals surface area contributed by atoms with Crippen molar-refractivity contribution < 1.29 is 28.2 Å². The van der Waals surface area contributed by atoms with Crippen molar-refractivity contribution in [2.24, 2.45) is 0 Å². The molecule has 0 bridgehead atoms. The third-order valence-electron chi connectivity index (χ3n) is 8.49. The van der Waals surface area contributed by atoms with Gasteiger partial charge < -0.3 is 33.9 Å².